The Morgan fingerprint density at radius 1 is 1.07 bits per heavy atom. The molecule has 2 rings (SSSR count). The molecule has 1 aromatic rings. The second kappa shape index (κ2) is 5.16. The summed E-state index contributed by atoms with van der Waals surface area (Å²) in [5, 5.41) is 0. The summed E-state index contributed by atoms with van der Waals surface area (Å²) in [6, 6.07) is 10.9. The Morgan fingerprint density at radius 2 is 1.73 bits per heavy atom. The van der Waals surface area contributed by atoms with Gasteiger partial charge < -0.3 is 0 Å². The van der Waals surface area contributed by atoms with Gasteiger partial charge in [0.05, 0.1) is 0 Å². The van der Waals surface area contributed by atoms with Crippen molar-refractivity contribution in [2.75, 3.05) is 0 Å². The maximum atomic E-state index is 2.31. The van der Waals surface area contributed by atoms with E-state index >= 15 is 0 Å². The molecule has 1 aliphatic carbocycles. The van der Waals surface area contributed by atoms with E-state index in [9.17, 15) is 0 Å². The Labute approximate surface area is 93.0 Å². The first-order chi connectivity index (χ1) is 7.42. The van der Waals surface area contributed by atoms with Crippen molar-refractivity contribution in [2.24, 2.45) is 5.92 Å². The molecule has 0 saturated heterocycles. The van der Waals surface area contributed by atoms with Gasteiger partial charge in [-0.25, -0.2) is 0 Å². The number of rotatable bonds is 2. The molecular weight excluding hydrogens is 180 g/mol. The second-order valence-corrected chi connectivity index (χ2v) is 4.44. The minimum Gasteiger partial charge on any atom is -0.0836 e. The Balaban J connectivity index is 2.17. The smallest absolute Gasteiger partial charge is 0.0159 e. The zero-order chi connectivity index (χ0) is 10.5. The molecule has 1 saturated carbocycles. The van der Waals surface area contributed by atoms with E-state index in [-0.39, 0.29) is 0 Å². The average molecular weight is 200 g/mol. The lowest BCUT2D eigenvalue weighted by Crippen LogP contribution is -2.08. The number of allylic oxidation sites excluding steroid dienone is 2. The third-order valence-corrected chi connectivity index (χ3v) is 3.46. The van der Waals surface area contributed by atoms with Crippen molar-refractivity contribution in [3.63, 3.8) is 0 Å². The van der Waals surface area contributed by atoms with Crippen molar-refractivity contribution in [2.45, 2.75) is 39.0 Å². The largest absolute Gasteiger partial charge is 0.0836 e. The summed E-state index contributed by atoms with van der Waals surface area (Å²) in [5.41, 5.74) is 2.99. The van der Waals surface area contributed by atoms with Gasteiger partial charge in [-0.05, 0) is 36.8 Å². The molecule has 1 aromatic carbocycles. The summed E-state index contributed by atoms with van der Waals surface area (Å²) >= 11 is 0. The predicted molar refractivity (Wildman–Crippen MR) is 66.7 cm³/mol. The lowest BCUT2D eigenvalue weighted by molar-refractivity contribution is 0.429. The number of benzene rings is 1. The van der Waals surface area contributed by atoms with Crippen LogP contribution in [0.4, 0.5) is 0 Å². The van der Waals surface area contributed by atoms with E-state index in [1.165, 1.54) is 37.7 Å². The van der Waals surface area contributed by atoms with Gasteiger partial charge in [-0.3, -0.25) is 0 Å². The fourth-order valence-electron chi connectivity index (χ4n) is 2.68. The second-order valence-electron chi connectivity index (χ2n) is 4.44. The third-order valence-electron chi connectivity index (χ3n) is 3.46. The van der Waals surface area contributed by atoms with E-state index in [1.807, 2.05) is 0 Å². The molecule has 80 valence electrons. The minimum atomic E-state index is 0.811. The van der Waals surface area contributed by atoms with Crippen LogP contribution in [0.15, 0.2) is 36.4 Å². The quantitative estimate of drug-likeness (QED) is 0.650. The first-order valence-corrected chi connectivity index (χ1v) is 6.13. The summed E-state index contributed by atoms with van der Waals surface area (Å²) in [6.45, 7) is 2.18. The highest BCUT2D eigenvalue weighted by Crippen LogP contribution is 2.34. The Morgan fingerprint density at radius 3 is 2.33 bits per heavy atom. The molecule has 0 unspecified atom stereocenters. The van der Waals surface area contributed by atoms with Crippen molar-refractivity contribution in [3.8, 4) is 0 Å². The van der Waals surface area contributed by atoms with Gasteiger partial charge in [0.2, 0.25) is 0 Å². The molecular formula is C15H20. The molecule has 1 aliphatic rings. The van der Waals surface area contributed by atoms with Crippen molar-refractivity contribution < 1.29 is 0 Å². The van der Waals surface area contributed by atoms with Gasteiger partial charge in [0.15, 0.2) is 0 Å². The summed E-state index contributed by atoms with van der Waals surface area (Å²) in [5.74, 6) is 0.811. The normalized spacial score (nSPS) is 19.1. The van der Waals surface area contributed by atoms with E-state index in [1.54, 1.807) is 5.57 Å². The number of hydrogen-bond donors (Lipinski definition) is 0. The van der Waals surface area contributed by atoms with Gasteiger partial charge in [0, 0.05) is 0 Å². The van der Waals surface area contributed by atoms with Crippen LogP contribution in [0.25, 0.3) is 5.57 Å². The lowest BCUT2D eigenvalue weighted by atomic mass is 9.81. The van der Waals surface area contributed by atoms with Gasteiger partial charge in [0.25, 0.3) is 0 Å². The fourth-order valence-corrected chi connectivity index (χ4v) is 2.68. The Hall–Kier alpha value is -1.04. The summed E-state index contributed by atoms with van der Waals surface area (Å²) in [6.07, 6.45) is 9.33. The van der Waals surface area contributed by atoms with E-state index in [2.05, 4.69) is 43.3 Å². The Bertz CT molecular complexity index is 315. The van der Waals surface area contributed by atoms with Crippen LogP contribution in [-0.4, -0.2) is 0 Å². The molecule has 0 heterocycles. The molecule has 0 nitrogen and oxygen atoms in total. The van der Waals surface area contributed by atoms with E-state index in [0.29, 0.717) is 0 Å². The number of hydrogen-bond acceptors (Lipinski definition) is 0. The molecule has 0 aromatic heterocycles. The van der Waals surface area contributed by atoms with Crippen LogP contribution in [0, 0.1) is 5.92 Å². The van der Waals surface area contributed by atoms with Crippen molar-refractivity contribution in [3.05, 3.63) is 42.0 Å². The van der Waals surface area contributed by atoms with Crippen molar-refractivity contribution >= 4 is 5.57 Å². The lowest BCUT2D eigenvalue weighted by Gasteiger charge is -2.24. The highest BCUT2D eigenvalue weighted by Gasteiger charge is 2.17. The van der Waals surface area contributed by atoms with Gasteiger partial charge in [-0.15, -0.1) is 0 Å². The van der Waals surface area contributed by atoms with Crippen molar-refractivity contribution in [1.82, 2.24) is 0 Å². The van der Waals surface area contributed by atoms with Gasteiger partial charge in [0.1, 0.15) is 0 Å². The topological polar surface area (TPSA) is 0 Å². The molecule has 0 atom stereocenters. The predicted octanol–water partition coefficient (Wildman–Crippen LogP) is 4.67. The van der Waals surface area contributed by atoms with Crippen LogP contribution < -0.4 is 0 Å². The molecule has 0 radical (unpaired) electrons. The maximum absolute atomic E-state index is 2.31. The standard InChI is InChI=1S/C15H20/c1-2-15(13-9-5-3-6-10-13)14-11-7-4-8-12-14/h2-3,5-6,9-10,14H,4,7-8,11-12H2,1H3. The molecule has 0 N–H and O–H groups in total. The van der Waals surface area contributed by atoms with Crippen LogP contribution in [0.5, 0.6) is 0 Å². The Kier molecular flexibility index (Phi) is 3.60. The molecule has 0 spiro atoms. The zero-order valence-electron chi connectivity index (χ0n) is 9.58. The van der Waals surface area contributed by atoms with E-state index < -0.39 is 0 Å². The highest BCUT2D eigenvalue weighted by atomic mass is 14.2. The highest BCUT2D eigenvalue weighted by molar-refractivity contribution is 5.67. The molecule has 0 bridgehead atoms. The summed E-state index contributed by atoms with van der Waals surface area (Å²) in [7, 11) is 0. The van der Waals surface area contributed by atoms with Gasteiger partial charge in [-0.1, -0.05) is 55.7 Å². The SMILES string of the molecule is CC=C(c1ccccc1)C1CCCCC1. The molecule has 0 aliphatic heterocycles. The maximum Gasteiger partial charge on any atom is -0.0159 e. The average Bonchev–Trinajstić information content (AvgIpc) is 2.33. The van der Waals surface area contributed by atoms with Crippen LogP contribution in [-0.2, 0) is 0 Å². The van der Waals surface area contributed by atoms with Gasteiger partial charge >= 0.3 is 0 Å². The molecule has 1 fully saturated rings. The first-order valence-electron chi connectivity index (χ1n) is 6.13. The van der Waals surface area contributed by atoms with Crippen LogP contribution in [0.1, 0.15) is 44.6 Å². The molecule has 15 heavy (non-hydrogen) atoms. The van der Waals surface area contributed by atoms with Gasteiger partial charge in [-0.2, -0.15) is 0 Å². The van der Waals surface area contributed by atoms with Crippen molar-refractivity contribution in [1.29, 1.82) is 0 Å². The van der Waals surface area contributed by atoms with E-state index in [0.717, 1.165) is 5.92 Å². The fraction of sp³-hybridized carbons (Fsp3) is 0.467. The van der Waals surface area contributed by atoms with Crippen LogP contribution in [0.3, 0.4) is 0 Å². The summed E-state index contributed by atoms with van der Waals surface area (Å²) in [4.78, 5) is 0. The monoisotopic (exact) mass is 200 g/mol. The minimum absolute atomic E-state index is 0.811. The zero-order valence-corrected chi connectivity index (χ0v) is 9.58. The van der Waals surface area contributed by atoms with Crippen LogP contribution >= 0.6 is 0 Å². The molecule has 0 amide bonds. The summed E-state index contributed by atoms with van der Waals surface area (Å²) < 4.78 is 0. The van der Waals surface area contributed by atoms with Crippen LogP contribution in [0.2, 0.25) is 0 Å². The third kappa shape index (κ3) is 2.50. The first kappa shape index (κ1) is 10.5. The van der Waals surface area contributed by atoms with E-state index in [4.69, 9.17) is 0 Å². The molecule has 0 heteroatoms.